The van der Waals surface area contributed by atoms with Gasteiger partial charge in [0.15, 0.2) is 0 Å². The zero-order valence-electron chi connectivity index (χ0n) is 20.3. The zero-order valence-corrected chi connectivity index (χ0v) is 20.3. The molecule has 2 N–H and O–H groups in total. The van der Waals surface area contributed by atoms with Crippen LogP contribution in [0.1, 0.15) is 33.9 Å². The van der Waals surface area contributed by atoms with E-state index in [1.54, 1.807) is 12.1 Å². The van der Waals surface area contributed by atoms with E-state index in [9.17, 15) is 27.9 Å². The summed E-state index contributed by atoms with van der Waals surface area (Å²) >= 11 is 0. The van der Waals surface area contributed by atoms with Crippen molar-refractivity contribution < 1.29 is 32.6 Å². The molecular formula is C30H24F3NO4. The zero-order chi connectivity index (χ0) is 27.3. The van der Waals surface area contributed by atoms with E-state index in [0.29, 0.717) is 16.7 Å². The average molecular weight is 520 g/mol. The highest BCUT2D eigenvalue weighted by atomic mass is 19.4. The van der Waals surface area contributed by atoms with Gasteiger partial charge in [-0.1, -0.05) is 72.8 Å². The Bertz CT molecular complexity index is 1420. The van der Waals surface area contributed by atoms with Gasteiger partial charge in [-0.3, -0.25) is 9.59 Å². The Balaban J connectivity index is 1.59. The lowest BCUT2D eigenvalue weighted by molar-refractivity contribution is -0.141. The normalized spacial score (nSPS) is 12.0. The second-order valence-electron chi connectivity index (χ2n) is 8.60. The highest BCUT2D eigenvalue weighted by Crippen LogP contribution is 2.32. The van der Waals surface area contributed by atoms with Crippen LogP contribution in [0.4, 0.5) is 13.2 Å². The highest BCUT2D eigenvalue weighted by molar-refractivity contribution is 5.98. The molecular weight excluding hydrogens is 495 g/mol. The number of benzene rings is 4. The Morgan fingerprint density at radius 1 is 0.816 bits per heavy atom. The van der Waals surface area contributed by atoms with Gasteiger partial charge in [-0.2, -0.15) is 13.2 Å². The number of ether oxygens (including phenoxy) is 1. The number of aromatic hydroxyl groups is 1. The molecule has 38 heavy (non-hydrogen) atoms. The number of alkyl halides is 3. The third kappa shape index (κ3) is 6.21. The molecule has 0 bridgehead atoms. The summed E-state index contributed by atoms with van der Waals surface area (Å²) in [6.07, 6.45) is -4.61. The summed E-state index contributed by atoms with van der Waals surface area (Å²) in [5, 5.41) is 13.1. The Morgan fingerprint density at radius 3 is 1.97 bits per heavy atom. The van der Waals surface area contributed by atoms with Crippen molar-refractivity contribution in [2.45, 2.75) is 18.6 Å². The van der Waals surface area contributed by atoms with E-state index in [0.717, 1.165) is 23.3 Å². The molecule has 0 aliphatic heterocycles. The summed E-state index contributed by atoms with van der Waals surface area (Å²) in [5.74, 6) is -1.50. The lowest BCUT2D eigenvalue weighted by Gasteiger charge is -2.19. The van der Waals surface area contributed by atoms with Crippen molar-refractivity contribution in [2.24, 2.45) is 0 Å². The Hall–Kier alpha value is -4.59. The summed E-state index contributed by atoms with van der Waals surface area (Å²) in [6.45, 7) is 0. The third-order valence-corrected chi connectivity index (χ3v) is 6.11. The second kappa shape index (κ2) is 11.2. The van der Waals surface area contributed by atoms with E-state index in [2.05, 4.69) is 5.32 Å². The van der Waals surface area contributed by atoms with Crippen molar-refractivity contribution in [1.82, 2.24) is 5.32 Å². The summed E-state index contributed by atoms with van der Waals surface area (Å²) in [7, 11) is 1.25. The molecule has 0 saturated heterocycles. The molecule has 0 heterocycles. The number of halogens is 3. The van der Waals surface area contributed by atoms with Crippen LogP contribution in [0.25, 0.3) is 22.3 Å². The first-order valence-electron chi connectivity index (χ1n) is 11.7. The van der Waals surface area contributed by atoms with E-state index in [1.165, 1.54) is 37.4 Å². The van der Waals surface area contributed by atoms with Gasteiger partial charge in [-0.15, -0.1) is 0 Å². The molecule has 194 valence electrons. The number of nitrogens with one attached hydrogen (secondary N) is 1. The van der Waals surface area contributed by atoms with Gasteiger partial charge in [0.25, 0.3) is 5.91 Å². The minimum atomic E-state index is -4.47. The first-order chi connectivity index (χ1) is 18.2. The molecule has 0 saturated carbocycles. The largest absolute Gasteiger partial charge is 0.507 e. The fourth-order valence-electron chi connectivity index (χ4n) is 4.03. The summed E-state index contributed by atoms with van der Waals surface area (Å²) < 4.78 is 43.5. The van der Waals surface area contributed by atoms with Gasteiger partial charge in [0.2, 0.25) is 0 Å². The van der Waals surface area contributed by atoms with Crippen LogP contribution < -0.4 is 5.32 Å². The fourth-order valence-corrected chi connectivity index (χ4v) is 4.03. The standard InChI is InChI=1S/C30H24F3NO4/c1-38-28(36)18-26(22-9-7-20(8-10-22)19-5-3-2-4-6-19)34-29(37)25-17-23(13-16-27(25)35)21-11-14-24(15-12-21)30(31,32)33/h2-17,26,35H,18H2,1H3,(H,34,37). The van der Waals surface area contributed by atoms with Crippen LogP contribution in [-0.4, -0.2) is 24.1 Å². The summed E-state index contributed by atoms with van der Waals surface area (Å²) in [6, 6.07) is 25.0. The Kier molecular flexibility index (Phi) is 7.81. The first-order valence-corrected chi connectivity index (χ1v) is 11.7. The molecule has 1 amide bonds. The lowest BCUT2D eigenvalue weighted by Crippen LogP contribution is -2.30. The van der Waals surface area contributed by atoms with Gasteiger partial charge in [0.1, 0.15) is 5.75 Å². The first kappa shape index (κ1) is 26.5. The molecule has 0 radical (unpaired) electrons. The molecule has 0 aliphatic rings. The number of phenols is 1. The molecule has 0 aromatic heterocycles. The number of methoxy groups -OCH3 is 1. The highest BCUT2D eigenvalue weighted by Gasteiger charge is 2.30. The molecule has 4 aromatic rings. The number of hydrogen-bond acceptors (Lipinski definition) is 4. The third-order valence-electron chi connectivity index (χ3n) is 6.11. The van der Waals surface area contributed by atoms with Crippen LogP contribution in [-0.2, 0) is 15.7 Å². The Labute approximate surface area is 217 Å². The van der Waals surface area contributed by atoms with E-state index >= 15 is 0 Å². The monoisotopic (exact) mass is 519 g/mol. The molecule has 5 nitrogen and oxygen atoms in total. The van der Waals surface area contributed by atoms with E-state index < -0.39 is 29.7 Å². The number of phenolic OH excluding ortho intramolecular Hbond substituents is 1. The molecule has 0 fully saturated rings. The van der Waals surface area contributed by atoms with Gasteiger partial charge in [0, 0.05) is 0 Å². The molecule has 0 spiro atoms. The van der Waals surface area contributed by atoms with Crippen molar-refractivity contribution in [3.05, 3.63) is 114 Å². The van der Waals surface area contributed by atoms with Crippen LogP contribution in [0, 0.1) is 0 Å². The molecule has 8 heteroatoms. The maximum absolute atomic E-state index is 13.2. The predicted molar refractivity (Wildman–Crippen MR) is 137 cm³/mol. The van der Waals surface area contributed by atoms with Gasteiger partial charge >= 0.3 is 12.1 Å². The summed E-state index contributed by atoms with van der Waals surface area (Å²) in [5.41, 5.74) is 2.63. The van der Waals surface area contributed by atoms with Gasteiger partial charge in [0.05, 0.1) is 30.7 Å². The molecule has 0 aliphatic carbocycles. The minimum Gasteiger partial charge on any atom is -0.507 e. The van der Waals surface area contributed by atoms with Crippen LogP contribution in [0.5, 0.6) is 5.75 Å². The number of rotatable bonds is 7. The topological polar surface area (TPSA) is 75.6 Å². The number of hydrogen-bond donors (Lipinski definition) is 2. The number of carbonyl (C=O) groups is 2. The van der Waals surface area contributed by atoms with Crippen LogP contribution >= 0.6 is 0 Å². The maximum Gasteiger partial charge on any atom is 0.416 e. The average Bonchev–Trinajstić information content (AvgIpc) is 2.93. The molecule has 4 aromatic carbocycles. The quantitative estimate of drug-likeness (QED) is 0.264. The van der Waals surface area contributed by atoms with Crippen molar-refractivity contribution in [1.29, 1.82) is 0 Å². The minimum absolute atomic E-state index is 0.0850. The number of esters is 1. The molecule has 4 rings (SSSR count). The van der Waals surface area contributed by atoms with Gasteiger partial charge < -0.3 is 15.2 Å². The predicted octanol–water partition coefficient (Wildman–Crippen LogP) is 6.78. The van der Waals surface area contributed by atoms with Crippen molar-refractivity contribution in [3.8, 4) is 28.0 Å². The smallest absolute Gasteiger partial charge is 0.416 e. The van der Waals surface area contributed by atoms with Crippen LogP contribution in [0.2, 0.25) is 0 Å². The van der Waals surface area contributed by atoms with Crippen LogP contribution in [0.15, 0.2) is 97.1 Å². The SMILES string of the molecule is COC(=O)CC(NC(=O)c1cc(-c2ccc(C(F)(F)F)cc2)ccc1O)c1ccc(-c2ccccc2)cc1. The number of amides is 1. The second-order valence-corrected chi connectivity index (χ2v) is 8.60. The van der Waals surface area contributed by atoms with Crippen molar-refractivity contribution in [3.63, 3.8) is 0 Å². The molecule has 1 unspecified atom stereocenters. The lowest BCUT2D eigenvalue weighted by atomic mass is 9.98. The van der Waals surface area contributed by atoms with Crippen LogP contribution in [0.3, 0.4) is 0 Å². The Morgan fingerprint density at radius 2 is 1.37 bits per heavy atom. The van der Waals surface area contributed by atoms with E-state index in [4.69, 9.17) is 4.74 Å². The number of carbonyl (C=O) groups excluding carboxylic acids is 2. The summed E-state index contributed by atoms with van der Waals surface area (Å²) in [4.78, 5) is 25.3. The van der Waals surface area contributed by atoms with Crippen molar-refractivity contribution in [2.75, 3.05) is 7.11 Å². The van der Waals surface area contributed by atoms with E-state index in [-0.39, 0.29) is 17.7 Å². The fraction of sp³-hybridized carbons (Fsp3) is 0.133. The maximum atomic E-state index is 13.2. The van der Waals surface area contributed by atoms with Gasteiger partial charge in [-0.05, 0) is 52.1 Å². The van der Waals surface area contributed by atoms with Crippen molar-refractivity contribution >= 4 is 11.9 Å². The van der Waals surface area contributed by atoms with Gasteiger partial charge in [-0.25, -0.2) is 0 Å². The van der Waals surface area contributed by atoms with E-state index in [1.807, 2.05) is 42.5 Å². The molecule has 1 atom stereocenters.